The van der Waals surface area contributed by atoms with Gasteiger partial charge in [-0.25, -0.2) is 0 Å². The van der Waals surface area contributed by atoms with Crippen LogP contribution in [0, 0.1) is 0 Å². The van der Waals surface area contributed by atoms with Crippen LogP contribution in [0.2, 0.25) is 0 Å². The van der Waals surface area contributed by atoms with Crippen molar-refractivity contribution >= 4 is 46.2 Å². The van der Waals surface area contributed by atoms with Crippen molar-refractivity contribution in [1.82, 2.24) is 14.7 Å². The van der Waals surface area contributed by atoms with Crippen LogP contribution in [-0.4, -0.2) is 70.6 Å². The molecule has 0 radical (unpaired) electrons. The summed E-state index contributed by atoms with van der Waals surface area (Å²) in [6.07, 6.45) is 3.53. The topological polar surface area (TPSA) is 57.0 Å². The van der Waals surface area contributed by atoms with E-state index in [1.165, 1.54) is 16.7 Å². The van der Waals surface area contributed by atoms with Crippen LogP contribution in [0.1, 0.15) is 12.2 Å². The molecule has 0 saturated carbocycles. The van der Waals surface area contributed by atoms with E-state index in [0.717, 1.165) is 26.2 Å². The zero-order chi connectivity index (χ0) is 17.1. The summed E-state index contributed by atoms with van der Waals surface area (Å²) < 4.78 is 5.72. The predicted molar refractivity (Wildman–Crippen MR) is 97.3 cm³/mol. The van der Waals surface area contributed by atoms with Crippen LogP contribution in [0.15, 0.2) is 27.7 Å². The third-order valence-corrected chi connectivity index (χ3v) is 5.47. The molecule has 2 aliphatic rings. The largest absolute Gasteiger partial charge is 0.465 e. The van der Waals surface area contributed by atoms with Gasteiger partial charge in [0.2, 0.25) is 5.91 Å². The number of likely N-dealkylation sites (N-methyl/N-ethyl adjacent to an activating group) is 1. The number of thioether (sulfide) groups is 1. The highest BCUT2D eigenvalue weighted by Crippen LogP contribution is 2.32. The van der Waals surface area contributed by atoms with Crippen molar-refractivity contribution in [2.24, 2.45) is 0 Å². The minimum atomic E-state index is -0.160. The van der Waals surface area contributed by atoms with Gasteiger partial charge in [0.1, 0.15) is 10.1 Å². The lowest BCUT2D eigenvalue weighted by Gasteiger charge is -2.32. The van der Waals surface area contributed by atoms with Crippen LogP contribution < -0.4 is 0 Å². The molecule has 2 amide bonds. The van der Waals surface area contributed by atoms with Gasteiger partial charge in [-0.2, -0.15) is 0 Å². The van der Waals surface area contributed by atoms with Gasteiger partial charge in [-0.3, -0.25) is 14.5 Å². The second kappa shape index (κ2) is 7.50. The third-order valence-electron chi connectivity index (χ3n) is 4.10. The van der Waals surface area contributed by atoms with Crippen molar-refractivity contribution in [3.63, 3.8) is 0 Å². The van der Waals surface area contributed by atoms with Crippen LogP contribution in [0.3, 0.4) is 0 Å². The van der Waals surface area contributed by atoms with Crippen LogP contribution in [0.4, 0.5) is 0 Å². The summed E-state index contributed by atoms with van der Waals surface area (Å²) >= 11 is 6.52. The Balaban J connectivity index is 1.56. The normalized spacial score (nSPS) is 21.1. The Labute approximate surface area is 150 Å². The van der Waals surface area contributed by atoms with Gasteiger partial charge in [0.05, 0.1) is 11.2 Å². The summed E-state index contributed by atoms with van der Waals surface area (Å²) in [5.41, 5.74) is 0. The number of nitrogens with zero attached hydrogens (tertiary/aromatic N) is 3. The lowest BCUT2D eigenvalue weighted by Crippen LogP contribution is -2.47. The molecule has 3 heterocycles. The number of hydrogen-bond acceptors (Lipinski definition) is 6. The van der Waals surface area contributed by atoms with E-state index in [9.17, 15) is 9.59 Å². The summed E-state index contributed by atoms with van der Waals surface area (Å²) in [7, 11) is 2.05. The fraction of sp³-hybridized carbons (Fsp3) is 0.438. The van der Waals surface area contributed by atoms with Crippen LogP contribution in [0.5, 0.6) is 0 Å². The molecular weight excluding hydrogens is 346 g/mol. The van der Waals surface area contributed by atoms with Crippen LogP contribution in [0.25, 0.3) is 6.08 Å². The number of piperazine rings is 1. The third kappa shape index (κ3) is 3.88. The highest BCUT2D eigenvalue weighted by atomic mass is 32.2. The molecule has 0 aliphatic carbocycles. The van der Waals surface area contributed by atoms with Gasteiger partial charge in [0.25, 0.3) is 5.91 Å². The first-order valence-electron chi connectivity index (χ1n) is 7.80. The number of hydrogen-bond donors (Lipinski definition) is 0. The summed E-state index contributed by atoms with van der Waals surface area (Å²) in [6.45, 7) is 3.58. The number of carbonyl (C=O) groups excluding carboxylic acids is 2. The molecule has 0 bridgehead atoms. The molecule has 128 valence electrons. The van der Waals surface area contributed by atoms with Crippen LogP contribution >= 0.6 is 24.0 Å². The second-order valence-corrected chi connectivity index (χ2v) is 7.46. The Morgan fingerprint density at radius 3 is 2.79 bits per heavy atom. The minimum absolute atomic E-state index is 0.0761. The molecule has 2 aliphatic heterocycles. The van der Waals surface area contributed by atoms with Gasteiger partial charge in [0, 0.05) is 45.2 Å². The number of furan rings is 1. The molecule has 3 rings (SSSR count). The maximum atomic E-state index is 12.5. The number of carbonyl (C=O) groups is 2. The summed E-state index contributed by atoms with van der Waals surface area (Å²) in [6, 6.07) is 3.55. The molecule has 8 heteroatoms. The van der Waals surface area contributed by atoms with Crippen molar-refractivity contribution in [2.45, 2.75) is 6.42 Å². The first-order valence-corrected chi connectivity index (χ1v) is 9.02. The maximum absolute atomic E-state index is 12.5. The molecule has 2 saturated heterocycles. The van der Waals surface area contributed by atoms with Crippen LogP contribution in [-0.2, 0) is 9.59 Å². The molecular formula is C16H19N3O3S2. The maximum Gasteiger partial charge on any atom is 0.266 e. The van der Waals surface area contributed by atoms with E-state index < -0.39 is 0 Å². The Kier molecular flexibility index (Phi) is 5.37. The Bertz CT molecular complexity index is 664. The van der Waals surface area contributed by atoms with Gasteiger partial charge < -0.3 is 14.2 Å². The van der Waals surface area contributed by atoms with Gasteiger partial charge in [-0.05, 0) is 19.2 Å². The monoisotopic (exact) mass is 365 g/mol. The van der Waals surface area contributed by atoms with Gasteiger partial charge in [0.15, 0.2) is 0 Å². The molecule has 1 aromatic heterocycles. The zero-order valence-corrected chi connectivity index (χ0v) is 15.1. The molecule has 1 aromatic rings. The minimum Gasteiger partial charge on any atom is -0.465 e. The highest BCUT2D eigenvalue weighted by Gasteiger charge is 2.32. The average Bonchev–Trinajstić information content (AvgIpc) is 3.16. The van der Waals surface area contributed by atoms with Crippen molar-refractivity contribution in [1.29, 1.82) is 0 Å². The van der Waals surface area contributed by atoms with Gasteiger partial charge in [-0.15, -0.1) is 0 Å². The average molecular weight is 365 g/mol. The molecule has 0 atom stereocenters. The lowest BCUT2D eigenvalue weighted by atomic mass is 10.2. The first kappa shape index (κ1) is 17.2. The van der Waals surface area contributed by atoms with Crippen molar-refractivity contribution < 1.29 is 14.0 Å². The van der Waals surface area contributed by atoms with E-state index in [4.69, 9.17) is 16.6 Å². The molecule has 2 fully saturated rings. The summed E-state index contributed by atoms with van der Waals surface area (Å²) in [5, 5.41) is 0. The number of thiocarbonyl (C=S) groups is 1. The first-order chi connectivity index (χ1) is 11.5. The molecule has 0 unspecified atom stereocenters. The molecule has 24 heavy (non-hydrogen) atoms. The Morgan fingerprint density at radius 1 is 1.38 bits per heavy atom. The fourth-order valence-corrected chi connectivity index (χ4v) is 3.91. The predicted octanol–water partition coefficient (Wildman–Crippen LogP) is 1.64. The van der Waals surface area contributed by atoms with E-state index in [-0.39, 0.29) is 11.8 Å². The Hall–Kier alpha value is -1.64. The molecule has 0 aromatic carbocycles. The van der Waals surface area contributed by atoms with E-state index in [2.05, 4.69) is 4.90 Å². The quantitative estimate of drug-likeness (QED) is 0.597. The van der Waals surface area contributed by atoms with E-state index >= 15 is 0 Å². The lowest BCUT2D eigenvalue weighted by molar-refractivity contribution is -0.133. The van der Waals surface area contributed by atoms with Crippen molar-refractivity contribution in [2.75, 3.05) is 39.8 Å². The summed E-state index contributed by atoms with van der Waals surface area (Å²) in [4.78, 5) is 30.8. The highest BCUT2D eigenvalue weighted by molar-refractivity contribution is 8.26. The fourth-order valence-electron chi connectivity index (χ4n) is 2.62. The Morgan fingerprint density at radius 2 is 2.12 bits per heavy atom. The molecule has 6 nitrogen and oxygen atoms in total. The van der Waals surface area contributed by atoms with Gasteiger partial charge >= 0.3 is 0 Å². The molecule has 0 N–H and O–H groups in total. The number of rotatable bonds is 4. The molecule has 0 spiro atoms. The number of amides is 2. The van der Waals surface area contributed by atoms with Crippen molar-refractivity contribution in [3.8, 4) is 0 Å². The zero-order valence-electron chi connectivity index (χ0n) is 13.4. The smallest absolute Gasteiger partial charge is 0.266 e. The van der Waals surface area contributed by atoms with Crippen molar-refractivity contribution in [3.05, 3.63) is 29.1 Å². The van der Waals surface area contributed by atoms with Gasteiger partial charge in [-0.1, -0.05) is 24.0 Å². The summed E-state index contributed by atoms with van der Waals surface area (Å²) in [5.74, 6) is 0.531. The van der Waals surface area contributed by atoms with E-state index in [0.29, 0.717) is 28.0 Å². The standard InChI is InChI=1S/C16H19N3O3S2/c1-17-6-8-18(9-7-17)14(20)4-5-19-15(21)13(24-16(19)23)11-12-3-2-10-22-12/h2-3,10-11H,4-9H2,1H3/b13-11+. The SMILES string of the molecule is CN1CCN(C(=O)CCN2C(=O)/C(=C\c3ccco3)SC2=S)CC1. The second-order valence-electron chi connectivity index (χ2n) is 5.78. The van der Waals surface area contributed by atoms with E-state index in [1.807, 2.05) is 11.9 Å². The van der Waals surface area contributed by atoms with E-state index in [1.54, 1.807) is 24.5 Å².